The third-order valence-electron chi connectivity index (χ3n) is 12.0. The molecule has 2 heterocycles. The summed E-state index contributed by atoms with van der Waals surface area (Å²) in [5.74, 6) is 3.95. The molecule has 0 saturated carbocycles. The molecule has 2 aromatic carbocycles. The highest BCUT2D eigenvalue weighted by Gasteiger charge is 2.46. The van der Waals surface area contributed by atoms with Crippen LogP contribution in [0.15, 0.2) is 47.6 Å². The Balaban J connectivity index is 1.28. The molecule has 0 radical (unpaired) electrons. The van der Waals surface area contributed by atoms with Crippen LogP contribution in [0.5, 0.6) is 11.5 Å². The molecule has 4 heteroatoms. The number of nitrogens with one attached hydrogen (secondary N) is 2. The molecule has 2 aromatic rings. The van der Waals surface area contributed by atoms with Crippen molar-refractivity contribution in [2.24, 2.45) is 11.8 Å². The molecule has 4 atom stereocenters. The largest absolute Gasteiger partial charge is 0.487 e. The van der Waals surface area contributed by atoms with Crippen LogP contribution in [0, 0.1) is 11.8 Å². The molecule has 2 N–H and O–H groups in total. The van der Waals surface area contributed by atoms with Crippen LogP contribution in [0.25, 0.3) is 0 Å². The Labute approximate surface area is 292 Å². The lowest BCUT2D eigenvalue weighted by Crippen LogP contribution is -2.45. The average Bonchev–Trinajstić information content (AvgIpc) is 3.02. The Hall–Kier alpha value is -2.88. The number of fused-ring (bicyclic) bond motifs is 6. The van der Waals surface area contributed by atoms with Crippen LogP contribution in [0.2, 0.25) is 0 Å². The summed E-state index contributed by atoms with van der Waals surface area (Å²) >= 11 is 0. The van der Waals surface area contributed by atoms with Crippen molar-refractivity contribution in [2.75, 3.05) is 23.7 Å². The molecule has 0 fully saturated rings. The lowest BCUT2D eigenvalue weighted by Gasteiger charge is -2.47. The van der Waals surface area contributed by atoms with E-state index in [4.69, 9.17) is 9.47 Å². The molecule has 0 bridgehead atoms. The molecule has 0 unspecified atom stereocenters. The van der Waals surface area contributed by atoms with Crippen molar-refractivity contribution in [2.45, 2.75) is 155 Å². The van der Waals surface area contributed by atoms with Gasteiger partial charge in [-0.1, -0.05) is 62.8 Å². The molecular weight excluding hydrogens is 588 g/mol. The number of benzene rings is 2. The fourth-order valence-corrected chi connectivity index (χ4v) is 9.34. The molecule has 2 aliphatic carbocycles. The van der Waals surface area contributed by atoms with Crippen molar-refractivity contribution in [3.05, 3.63) is 69.8 Å². The van der Waals surface area contributed by atoms with Crippen LogP contribution in [0.1, 0.15) is 154 Å². The van der Waals surface area contributed by atoms with Crippen LogP contribution < -0.4 is 20.1 Å². The van der Waals surface area contributed by atoms with E-state index in [2.05, 4.69) is 102 Å². The van der Waals surface area contributed by atoms with Crippen LogP contribution in [-0.2, 0) is 12.8 Å². The maximum absolute atomic E-state index is 6.87. The monoisotopic (exact) mass is 652 g/mol. The fourth-order valence-electron chi connectivity index (χ4n) is 9.34. The standard InChI is InChI=1S/C44H64N2O2/c1-9-11-13-15-31-25-37(41-33-23-29(3)17-19-35(33)43(5,6)47-39(41)27-31)45-21-22-46-38-26-32(16-14-12-10-2)28-40-42(38)34-24-30(4)18-20-36(34)44(7,8)48-40/h23-28,33-36,45-46H,9-22H2,1-8H3/t33-,34-,35-,36-/m1/s1. The SMILES string of the molecule is CCCCCc1cc(NCCNc2cc(CCCCC)cc3c2[C@@H]2C=C(C)CC[C@H]2C(C)(C)O3)c2c(c1)OC(C)(C)[C@@H]1CCC(C)=C[C@@H]21. The smallest absolute Gasteiger partial charge is 0.126 e. The van der Waals surface area contributed by atoms with E-state index < -0.39 is 0 Å². The van der Waals surface area contributed by atoms with Gasteiger partial charge >= 0.3 is 0 Å². The zero-order valence-electron chi connectivity index (χ0n) is 31.5. The van der Waals surface area contributed by atoms with Crippen molar-refractivity contribution in [3.63, 3.8) is 0 Å². The first-order valence-electron chi connectivity index (χ1n) is 19.5. The summed E-state index contributed by atoms with van der Waals surface area (Å²) in [6, 6.07) is 9.60. The number of anilines is 2. The van der Waals surface area contributed by atoms with Gasteiger partial charge in [-0.3, -0.25) is 0 Å². The van der Waals surface area contributed by atoms with E-state index in [1.165, 1.54) is 109 Å². The molecule has 4 nitrogen and oxygen atoms in total. The number of hydrogen-bond donors (Lipinski definition) is 2. The van der Waals surface area contributed by atoms with Gasteiger partial charge < -0.3 is 20.1 Å². The Morgan fingerprint density at radius 1 is 0.625 bits per heavy atom. The van der Waals surface area contributed by atoms with Crippen molar-refractivity contribution in [3.8, 4) is 11.5 Å². The van der Waals surface area contributed by atoms with Gasteiger partial charge in [-0.2, -0.15) is 0 Å². The number of ether oxygens (including phenoxy) is 2. The minimum absolute atomic E-state index is 0.169. The third-order valence-corrected chi connectivity index (χ3v) is 12.0. The third kappa shape index (κ3) is 7.34. The maximum atomic E-state index is 6.87. The Kier molecular flexibility index (Phi) is 10.6. The maximum Gasteiger partial charge on any atom is 0.126 e. The number of rotatable bonds is 13. The van der Waals surface area contributed by atoms with E-state index in [9.17, 15) is 0 Å². The highest BCUT2D eigenvalue weighted by Crippen LogP contribution is 2.54. The molecule has 0 saturated heterocycles. The van der Waals surface area contributed by atoms with E-state index in [0.717, 1.165) is 37.4 Å². The van der Waals surface area contributed by atoms with E-state index in [1.807, 2.05) is 0 Å². The lowest BCUT2D eigenvalue weighted by atomic mass is 9.67. The molecule has 6 rings (SSSR count). The normalized spacial score (nSPS) is 24.8. The van der Waals surface area contributed by atoms with Gasteiger partial charge in [0.25, 0.3) is 0 Å². The minimum atomic E-state index is -0.169. The van der Waals surface area contributed by atoms with Gasteiger partial charge in [0.2, 0.25) is 0 Å². The van der Waals surface area contributed by atoms with Crippen LogP contribution in [0.3, 0.4) is 0 Å². The zero-order chi connectivity index (χ0) is 34.1. The van der Waals surface area contributed by atoms with Crippen molar-refractivity contribution in [1.82, 2.24) is 0 Å². The summed E-state index contributed by atoms with van der Waals surface area (Å²) in [5.41, 5.74) is 10.7. The first kappa shape index (κ1) is 35.0. The summed E-state index contributed by atoms with van der Waals surface area (Å²) < 4.78 is 13.7. The Morgan fingerprint density at radius 3 is 1.44 bits per heavy atom. The number of hydrogen-bond acceptors (Lipinski definition) is 4. The molecule has 0 amide bonds. The summed E-state index contributed by atoms with van der Waals surface area (Å²) in [6.45, 7) is 20.1. The first-order valence-corrected chi connectivity index (χ1v) is 19.5. The number of allylic oxidation sites excluding steroid dienone is 4. The second-order valence-corrected chi connectivity index (χ2v) is 16.7. The quantitative estimate of drug-likeness (QED) is 0.167. The number of aryl methyl sites for hydroxylation is 2. The predicted molar refractivity (Wildman–Crippen MR) is 204 cm³/mol. The molecule has 2 aliphatic heterocycles. The van der Waals surface area contributed by atoms with Gasteiger partial charge in [-0.15, -0.1) is 0 Å². The highest BCUT2D eigenvalue weighted by atomic mass is 16.5. The lowest BCUT2D eigenvalue weighted by molar-refractivity contribution is 0.0115. The van der Waals surface area contributed by atoms with E-state index in [0.29, 0.717) is 23.7 Å². The summed E-state index contributed by atoms with van der Waals surface area (Å²) in [5, 5.41) is 7.89. The predicted octanol–water partition coefficient (Wildman–Crippen LogP) is 11.9. The van der Waals surface area contributed by atoms with Gasteiger partial charge in [0.05, 0.1) is 0 Å². The van der Waals surface area contributed by atoms with Crippen LogP contribution in [-0.4, -0.2) is 24.3 Å². The Bertz CT molecular complexity index is 1400. The zero-order valence-corrected chi connectivity index (χ0v) is 31.5. The van der Waals surface area contributed by atoms with Gasteiger partial charge in [-0.05, 0) is 128 Å². The summed E-state index contributed by atoms with van der Waals surface area (Å²) in [4.78, 5) is 0. The number of unbranched alkanes of at least 4 members (excludes halogenated alkanes) is 4. The van der Waals surface area contributed by atoms with Gasteiger partial charge in [0, 0.05) is 59.3 Å². The van der Waals surface area contributed by atoms with Crippen molar-refractivity contribution >= 4 is 11.4 Å². The van der Waals surface area contributed by atoms with Gasteiger partial charge in [0.15, 0.2) is 0 Å². The topological polar surface area (TPSA) is 42.5 Å². The first-order chi connectivity index (χ1) is 23.0. The van der Waals surface area contributed by atoms with Crippen LogP contribution in [0.4, 0.5) is 11.4 Å². The fraction of sp³-hybridized carbons (Fsp3) is 0.636. The molecule has 262 valence electrons. The van der Waals surface area contributed by atoms with Gasteiger partial charge in [-0.25, -0.2) is 0 Å². The van der Waals surface area contributed by atoms with E-state index in [1.54, 1.807) is 0 Å². The highest BCUT2D eigenvalue weighted by molar-refractivity contribution is 5.66. The molecule has 48 heavy (non-hydrogen) atoms. The second kappa shape index (κ2) is 14.5. The summed E-state index contributed by atoms with van der Waals surface area (Å²) in [6.07, 6.45) is 19.5. The molecule has 0 aromatic heterocycles. The van der Waals surface area contributed by atoms with E-state index in [-0.39, 0.29) is 11.2 Å². The van der Waals surface area contributed by atoms with E-state index >= 15 is 0 Å². The molecule has 4 aliphatic rings. The van der Waals surface area contributed by atoms with Gasteiger partial charge in [0.1, 0.15) is 22.7 Å². The average molecular weight is 653 g/mol. The van der Waals surface area contributed by atoms with Crippen molar-refractivity contribution in [1.29, 1.82) is 0 Å². The molecule has 0 spiro atoms. The summed E-state index contributed by atoms with van der Waals surface area (Å²) in [7, 11) is 0. The molecular formula is C44H64N2O2. The van der Waals surface area contributed by atoms with Crippen LogP contribution >= 0.6 is 0 Å². The second-order valence-electron chi connectivity index (χ2n) is 16.7. The Morgan fingerprint density at radius 2 is 1.04 bits per heavy atom. The minimum Gasteiger partial charge on any atom is -0.487 e. The van der Waals surface area contributed by atoms with Crippen molar-refractivity contribution < 1.29 is 9.47 Å².